The van der Waals surface area contributed by atoms with Crippen molar-refractivity contribution < 1.29 is 18.3 Å². The van der Waals surface area contributed by atoms with Gasteiger partial charge in [-0.1, -0.05) is 0 Å². The summed E-state index contributed by atoms with van der Waals surface area (Å²) in [4.78, 5) is 13.6. The number of hydrogen-bond donors (Lipinski definition) is 2. The van der Waals surface area contributed by atoms with Gasteiger partial charge in [0.15, 0.2) is 5.11 Å². The first kappa shape index (κ1) is 18.7. The third-order valence-electron chi connectivity index (χ3n) is 4.06. The zero-order valence-electron chi connectivity index (χ0n) is 14.2. The number of halogens is 2. The molecule has 0 bridgehead atoms. The summed E-state index contributed by atoms with van der Waals surface area (Å²) in [5.41, 5.74) is 1.58. The van der Waals surface area contributed by atoms with Crippen LogP contribution < -0.4 is 10.6 Å². The lowest BCUT2D eigenvalue weighted by Crippen LogP contribution is -2.21. The van der Waals surface area contributed by atoms with Gasteiger partial charge in [-0.15, -0.1) is 11.3 Å². The quantitative estimate of drug-likeness (QED) is 0.569. The zero-order valence-corrected chi connectivity index (χ0v) is 15.8. The second kappa shape index (κ2) is 8.09. The SMILES string of the molecule is CCOC(=O)c1c(NC(=S)Nc2ccc(F)cc2F)sc2c1CCCC2. The van der Waals surface area contributed by atoms with E-state index in [0.29, 0.717) is 10.6 Å². The summed E-state index contributed by atoms with van der Waals surface area (Å²) in [6, 6.07) is 3.19. The largest absolute Gasteiger partial charge is 0.462 e. The number of hydrogen-bond acceptors (Lipinski definition) is 4. The van der Waals surface area contributed by atoms with Gasteiger partial charge in [0.1, 0.15) is 16.6 Å². The highest BCUT2D eigenvalue weighted by Gasteiger charge is 2.26. The lowest BCUT2D eigenvalue weighted by Gasteiger charge is -2.13. The molecular weight excluding hydrogens is 378 g/mol. The number of rotatable bonds is 4. The molecule has 0 spiro atoms. The fourth-order valence-electron chi connectivity index (χ4n) is 2.92. The molecule has 8 heteroatoms. The van der Waals surface area contributed by atoms with Gasteiger partial charge in [0.25, 0.3) is 0 Å². The van der Waals surface area contributed by atoms with Gasteiger partial charge >= 0.3 is 5.97 Å². The summed E-state index contributed by atoms with van der Waals surface area (Å²) in [6.45, 7) is 2.04. The molecule has 1 aliphatic rings. The third kappa shape index (κ3) is 4.02. The van der Waals surface area contributed by atoms with Crippen LogP contribution in [0.15, 0.2) is 18.2 Å². The minimum Gasteiger partial charge on any atom is -0.462 e. The molecule has 0 saturated heterocycles. The summed E-state index contributed by atoms with van der Waals surface area (Å²) in [6.07, 6.45) is 3.85. The Kier molecular flexibility index (Phi) is 5.83. The Labute approximate surface area is 159 Å². The summed E-state index contributed by atoms with van der Waals surface area (Å²) in [7, 11) is 0. The van der Waals surface area contributed by atoms with E-state index in [1.165, 1.54) is 17.4 Å². The summed E-state index contributed by atoms with van der Waals surface area (Å²) >= 11 is 6.70. The summed E-state index contributed by atoms with van der Waals surface area (Å²) < 4.78 is 32.0. The van der Waals surface area contributed by atoms with E-state index < -0.39 is 11.6 Å². The minimum absolute atomic E-state index is 0.0582. The predicted molar refractivity (Wildman–Crippen MR) is 103 cm³/mol. The number of fused-ring (bicyclic) bond motifs is 1. The highest BCUT2D eigenvalue weighted by molar-refractivity contribution is 7.80. The van der Waals surface area contributed by atoms with E-state index in [0.717, 1.165) is 48.3 Å². The van der Waals surface area contributed by atoms with E-state index in [4.69, 9.17) is 17.0 Å². The van der Waals surface area contributed by atoms with Crippen LogP contribution in [0.4, 0.5) is 19.5 Å². The van der Waals surface area contributed by atoms with Crippen molar-refractivity contribution in [1.29, 1.82) is 0 Å². The van der Waals surface area contributed by atoms with Crippen molar-refractivity contribution in [3.63, 3.8) is 0 Å². The van der Waals surface area contributed by atoms with Gasteiger partial charge in [-0.2, -0.15) is 0 Å². The number of thiophene rings is 1. The molecular formula is C18H18F2N2O2S2. The maximum Gasteiger partial charge on any atom is 0.341 e. The van der Waals surface area contributed by atoms with Crippen molar-refractivity contribution in [3.8, 4) is 0 Å². The van der Waals surface area contributed by atoms with Gasteiger partial charge in [-0.25, -0.2) is 13.6 Å². The number of carbonyl (C=O) groups is 1. The molecule has 2 aromatic rings. The van der Waals surface area contributed by atoms with E-state index in [1.807, 2.05) is 0 Å². The van der Waals surface area contributed by atoms with Gasteiger partial charge in [0.05, 0.1) is 17.9 Å². The maximum absolute atomic E-state index is 13.8. The van der Waals surface area contributed by atoms with Crippen molar-refractivity contribution in [2.75, 3.05) is 17.2 Å². The molecule has 0 atom stereocenters. The van der Waals surface area contributed by atoms with Gasteiger partial charge in [-0.3, -0.25) is 0 Å². The molecule has 0 amide bonds. The van der Waals surface area contributed by atoms with Gasteiger partial charge in [0.2, 0.25) is 0 Å². The lowest BCUT2D eigenvalue weighted by molar-refractivity contribution is 0.0526. The van der Waals surface area contributed by atoms with Crippen molar-refractivity contribution >= 4 is 45.3 Å². The Hall–Kier alpha value is -2.06. The molecule has 0 radical (unpaired) electrons. The molecule has 1 aromatic heterocycles. The number of benzene rings is 1. The van der Waals surface area contributed by atoms with Crippen LogP contribution in [-0.2, 0) is 17.6 Å². The first-order valence-electron chi connectivity index (χ1n) is 8.34. The number of aryl methyl sites for hydroxylation is 1. The third-order valence-corrected chi connectivity index (χ3v) is 5.47. The molecule has 1 aliphatic carbocycles. The van der Waals surface area contributed by atoms with Crippen molar-refractivity contribution in [2.24, 2.45) is 0 Å². The van der Waals surface area contributed by atoms with Crippen LogP contribution in [0, 0.1) is 11.6 Å². The van der Waals surface area contributed by atoms with Crippen molar-refractivity contribution in [3.05, 3.63) is 45.8 Å². The lowest BCUT2D eigenvalue weighted by atomic mass is 9.95. The summed E-state index contributed by atoms with van der Waals surface area (Å²) in [5, 5.41) is 6.39. The van der Waals surface area contributed by atoms with Crippen molar-refractivity contribution in [1.82, 2.24) is 0 Å². The molecule has 0 fully saturated rings. The van der Waals surface area contributed by atoms with Crippen LogP contribution in [0.25, 0.3) is 0 Å². The fraction of sp³-hybridized carbons (Fsp3) is 0.333. The highest BCUT2D eigenvalue weighted by atomic mass is 32.1. The van der Waals surface area contributed by atoms with Crippen LogP contribution in [0.3, 0.4) is 0 Å². The van der Waals surface area contributed by atoms with E-state index in [2.05, 4.69) is 10.6 Å². The van der Waals surface area contributed by atoms with Crippen LogP contribution in [0.5, 0.6) is 0 Å². The normalized spacial score (nSPS) is 13.0. The average molecular weight is 396 g/mol. The van der Waals surface area contributed by atoms with Crippen LogP contribution in [0.2, 0.25) is 0 Å². The fourth-order valence-corrected chi connectivity index (χ4v) is 4.48. The van der Waals surface area contributed by atoms with E-state index in [-0.39, 0.29) is 23.4 Å². The standard InChI is InChI=1S/C18H18F2N2O2S2/c1-2-24-17(23)15-11-5-3-4-6-14(11)26-16(15)22-18(25)21-13-8-7-10(19)9-12(13)20/h7-9H,2-6H2,1H3,(H2,21,22,25). The molecule has 138 valence electrons. The Morgan fingerprint density at radius 2 is 2.04 bits per heavy atom. The highest BCUT2D eigenvalue weighted by Crippen LogP contribution is 2.38. The van der Waals surface area contributed by atoms with Crippen LogP contribution >= 0.6 is 23.6 Å². The number of ether oxygens (including phenoxy) is 1. The first-order valence-corrected chi connectivity index (χ1v) is 9.56. The van der Waals surface area contributed by atoms with E-state index >= 15 is 0 Å². The molecule has 26 heavy (non-hydrogen) atoms. The number of carbonyl (C=O) groups excluding carboxylic acids is 1. The molecule has 1 aromatic carbocycles. The van der Waals surface area contributed by atoms with E-state index in [1.54, 1.807) is 6.92 Å². The van der Waals surface area contributed by atoms with Gasteiger partial charge in [0, 0.05) is 10.9 Å². The zero-order chi connectivity index (χ0) is 18.7. The van der Waals surface area contributed by atoms with Gasteiger partial charge in [-0.05, 0) is 62.5 Å². The van der Waals surface area contributed by atoms with Crippen LogP contribution in [-0.4, -0.2) is 17.7 Å². The Balaban J connectivity index is 1.83. The molecule has 4 nitrogen and oxygen atoms in total. The first-order chi connectivity index (χ1) is 12.5. The second-order valence-electron chi connectivity index (χ2n) is 5.84. The molecule has 1 heterocycles. The smallest absolute Gasteiger partial charge is 0.341 e. The Morgan fingerprint density at radius 3 is 2.77 bits per heavy atom. The topological polar surface area (TPSA) is 50.4 Å². The number of esters is 1. The van der Waals surface area contributed by atoms with Crippen molar-refractivity contribution in [2.45, 2.75) is 32.6 Å². The Bertz CT molecular complexity index is 852. The second-order valence-corrected chi connectivity index (χ2v) is 7.35. The Morgan fingerprint density at radius 1 is 1.27 bits per heavy atom. The minimum atomic E-state index is -0.745. The molecule has 3 rings (SSSR count). The summed E-state index contributed by atoms with van der Waals surface area (Å²) in [5.74, 6) is -1.79. The number of anilines is 2. The van der Waals surface area contributed by atoms with E-state index in [9.17, 15) is 13.6 Å². The van der Waals surface area contributed by atoms with Gasteiger partial charge < -0.3 is 15.4 Å². The predicted octanol–water partition coefficient (Wildman–Crippen LogP) is 4.89. The number of thiocarbonyl (C=S) groups is 1. The molecule has 0 saturated carbocycles. The number of nitrogens with one attached hydrogen (secondary N) is 2. The maximum atomic E-state index is 13.8. The molecule has 0 unspecified atom stereocenters. The average Bonchev–Trinajstić information content (AvgIpc) is 2.95. The molecule has 2 N–H and O–H groups in total. The monoisotopic (exact) mass is 396 g/mol. The molecule has 0 aliphatic heterocycles. The van der Waals surface area contributed by atoms with Crippen LogP contribution in [0.1, 0.15) is 40.6 Å².